The molecular formula is C10H20BrNO2S. The zero-order valence-corrected chi connectivity index (χ0v) is 11.7. The lowest BCUT2D eigenvalue weighted by Gasteiger charge is -2.18. The highest BCUT2D eigenvalue weighted by atomic mass is 79.9. The maximum absolute atomic E-state index is 11.7. The van der Waals surface area contributed by atoms with Gasteiger partial charge in [0.25, 0.3) is 0 Å². The molecule has 0 N–H and O–H groups in total. The first-order valence-corrected chi connectivity index (χ1v) is 8.37. The fourth-order valence-corrected chi connectivity index (χ4v) is 3.98. The summed E-state index contributed by atoms with van der Waals surface area (Å²) in [6.07, 6.45) is 5.66. The molecule has 15 heavy (non-hydrogen) atoms. The molecule has 1 unspecified atom stereocenters. The third-order valence-electron chi connectivity index (χ3n) is 3.03. The number of alkyl halides is 1. The van der Waals surface area contributed by atoms with Gasteiger partial charge in [-0.1, -0.05) is 35.7 Å². The van der Waals surface area contributed by atoms with Gasteiger partial charge in [-0.25, -0.2) is 12.7 Å². The van der Waals surface area contributed by atoms with E-state index in [0.29, 0.717) is 13.1 Å². The number of nitrogens with zero attached hydrogens (tertiary/aromatic N) is 1. The second-order valence-electron chi connectivity index (χ2n) is 4.21. The molecule has 0 aromatic carbocycles. The largest absolute Gasteiger partial charge is 0.224 e. The molecule has 1 saturated heterocycles. The molecule has 1 aliphatic heterocycles. The average Bonchev–Trinajstić information content (AvgIpc) is 2.44. The fourth-order valence-electron chi connectivity index (χ4n) is 2.18. The van der Waals surface area contributed by atoms with Gasteiger partial charge in [0.2, 0.25) is 10.0 Å². The highest BCUT2D eigenvalue weighted by molar-refractivity contribution is 9.10. The van der Waals surface area contributed by atoms with Crippen molar-refractivity contribution < 1.29 is 8.42 Å². The quantitative estimate of drug-likeness (QED) is 0.748. The van der Waals surface area contributed by atoms with Crippen molar-refractivity contribution in [2.75, 3.05) is 17.8 Å². The van der Waals surface area contributed by atoms with E-state index in [2.05, 4.69) is 22.9 Å². The van der Waals surface area contributed by atoms with Gasteiger partial charge >= 0.3 is 0 Å². The minimum absolute atomic E-state index is 0.0540. The first-order chi connectivity index (χ1) is 7.10. The van der Waals surface area contributed by atoms with E-state index >= 15 is 0 Å². The molecule has 0 bridgehead atoms. The summed E-state index contributed by atoms with van der Waals surface area (Å²) in [5.41, 5.74) is 0. The molecule has 1 aliphatic rings. The van der Waals surface area contributed by atoms with Crippen LogP contribution in [-0.4, -0.2) is 30.5 Å². The predicted octanol–water partition coefficient (Wildman–Crippen LogP) is 2.57. The molecule has 1 heterocycles. The zero-order chi connectivity index (χ0) is 11.3. The van der Waals surface area contributed by atoms with Crippen molar-refractivity contribution in [2.24, 2.45) is 5.92 Å². The van der Waals surface area contributed by atoms with Crippen LogP contribution in [0.4, 0.5) is 0 Å². The van der Waals surface area contributed by atoms with Crippen molar-refractivity contribution >= 4 is 26.0 Å². The van der Waals surface area contributed by atoms with Gasteiger partial charge in [0.05, 0.1) is 0 Å². The van der Waals surface area contributed by atoms with E-state index in [4.69, 9.17) is 0 Å². The van der Waals surface area contributed by atoms with Crippen molar-refractivity contribution in [3.05, 3.63) is 0 Å². The van der Waals surface area contributed by atoms with E-state index in [9.17, 15) is 8.42 Å². The van der Waals surface area contributed by atoms with E-state index in [1.54, 1.807) is 4.31 Å². The fraction of sp³-hybridized carbons (Fsp3) is 1.00. The van der Waals surface area contributed by atoms with Crippen LogP contribution < -0.4 is 0 Å². The molecule has 0 amide bonds. The summed E-state index contributed by atoms with van der Waals surface area (Å²) in [5.74, 6) is 0.727. The van der Waals surface area contributed by atoms with Crippen molar-refractivity contribution in [1.29, 1.82) is 0 Å². The maximum atomic E-state index is 11.7. The van der Waals surface area contributed by atoms with Gasteiger partial charge in [-0.3, -0.25) is 0 Å². The van der Waals surface area contributed by atoms with E-state index in [-0.39, 0.29) is 4.66 Å². The normalized spacial score (nSPS) is 25.1. The molecule has 0 aromatic rings. The Morgan fingerprint density at radius 1 is 1.33 bits per heavy atom. The molecular weight excluding hydrogens is 278 g/mol. The van der Waals surface area contributed by atoms with Crippen LogP contribution in [0.3, 0.4) is 0 Å². The summed E-state index contributed by atoms with van der Waals surface area (Å²) >= 11 is 3.05. The monoisotopic (exact) mass is 297 g/mol. The minimum atomic E-state index is -3.03. The second kappa shape index (κ2) is 6.21. The number of hydrogen-bond acceptors (Lipinski definition) is 2. The topological polar surface area (TPSA) is 37.4 Å². The van der Waals surface area contributed by atoms with Crippen LogP contribution in [-0.2, 0) is 10.0 Å². The lowest BCUT2D eigenvalue weighted by molar-refractivity contribution is 0.402. The van der Waals surface area contributed by atoms with E-state index in [0.717, 1.165) is 18.8 Å². The Hall–Kier alpha value is 0.390. The van der Waals surface area contributed by atoms with Crippen LogP contribution in [0.15, 0.2) is 0 Å². The number of sulfonamides is 1. The van der Waals surface area contributed by atoms with Gasteiger partial charge in [-0.05, 0) is 25.2 Å². The summed E-state index contributed by atoms with van der Waals surface area (Å²) in [5, 5.41) is 0. The van der Waals surface area contributed by atoms with E-state index in [1.807, 2.05) is 0 Å². The van der Waals surface area contributed by atoms with Crippen LogP contribution in [0.1, 0.15) is 39.0 Å². The van der Waals surface area contributed by atoms with Crippen LogP contribution in [0, 0.1) is 5.92 Å². The second-order valence-corrected chi connectivity index (χ2v) is 7.48. The van der Waals surface area contributed by atoms with Crippen molar-refractivity contribution in [2.45, 2.75) is 39.0 Å². The number of rotatable bonds is 4. The van der Waals surface area contributed by atoms with Gasteiger partial charge in [-0.2, -0.15) is 0 Å². The van der Waals surface area contributed by atoms with Gasteiger partial charge in [0.15, 0.2) is 0 Å². The summed E-state index contributed by atoms with van der Waals surface area (Å²) in [6.45, 7) is 3.60. The molecule has 1 fully saturated rings. The Balaban J connectivity index is 2.53. The molecule has 90 valence electrons. The Morgan fingerprint density at radius 2 is 2.07 bits per heavy atom. The highest BCUT2D eigenvalue weighted by Gasteiger charge is 2.24. The Kier molecular flexibility index (Phi) is 5.57. The third-order valence-corrected chi connectivity index (χ3v) is 6.20. The summed E-state index contributed by atoms with van der Waals surface area (Å²) in [4.78, 5) is 0. The molecule has 0 radical (unpaired) electrons. The van der Waals surface area contributed by atoms with Crippen LogP contribution >= 0.6 is 15.9 Å². The summed E-state index contributed by atoms with van der Waals surface area (Å²) < 4.78 is 25.0. The Morgan fingerprint density at radius 3 is 2.67 bits per heavy atom. The Bertz CT molecular complexity index is 279. The number of hydrogen-bond donors (Lipinski definition) is 0. The standard InChI is InChI=1S/C10H20BrNO2S/c1-2-4-10-5-3-7-12(8-6-10)15(13,14)9-11/h10H,2-9H2,1H3. The molecule has 0 aromatic heterocycles. The molecule has 0 spiro atoms. The SMILES string of the molecule is CCCC1CCCN(S(=O)(=O)CBr)CC1. The van der Waals surface area contributed by atoms with Crippen LogP contribution in [0.25, 0.3) is 0 Å². The summed E-state index contributed by atoms with van der Waals surface area (Å²) in [7, 11) is -3.03. The van der Waals surface area contributed by atoms with Crippen LogP contribution in [0.5, 0.6) is 0 Å². The first kappa shape index (κ1) is 13.5. The zero-order valence-electron chi connectivity index (χ0n) is 9.28. The van der Waals surface area contributed by atoms with Crippen LogP contribution in [0.2, 0.25) is 0 Å². The number of halogens is 1. The third kappa shape index (κ3) is 4.04. The van der Waals surface area contributed by atoms with Crippen molar-refractivity contribution in [3.63, 3.8) is 0 Å². The molecule has 1 rings (SSSR count). The smallest absolute Gasteiger partial charge is 0.211 e. The molecule has 0 saturated carbocycles. The van der Waals surface area contributed by atoms with Gasteiger partial charge < -0.3 is 0 Å². The highest BCUT2D eigenvalue weighted by Crippen LogP contribution is 2.23. The van der Waals surface area contributed by atoms with Crippen molar-refractivity contribution in [3.8, 4) is 0 Å². The Labute approximate surface area is 101 Å². The van der Waals surface area contributed by atoms with Crippen molar-refractivity contribution in [1.82, 2.24) is 4.31 Å². The van der Waals surface area contributed by atoms with E-state index in [1.165, 1.54) is 19.3 Å². The molecule has 5 heteroatoms. The average molecular weight is 298 g/mol. The van der Waals surface area contributed by atoms with Gasteiger partial charge in [0, 0.05) is 13.1 Å². The van der Waals surface area contributed by atoms with Gasteiger partial charge in [0.1, 0.15) is 4.66 Å². The lowest BCUT2D eigenvalue weighted by Crippen LogP contribution is -2.32. The minimum Gasteiger partial charge on any atom is -0.211 e. The first-order valence-electron chi connectivity index (χ1n) is 5.64. The lowest BCUT2D eigenvalue weighted by atomic mass is 9.96. The van der Waals surface area contributed by atoms with E-state index < -0.39 is 10.0 Å². The molecule has 3 nitrogen and oxygen atoms in total. The molecule has 0 aliphatic carbocycles. The van der Waals surface area contributed by atoms with Gasteiger partial charge in [-0.15, -0.1) is 0 Å². The summed E-state index contributed by atoms with van der Waals surface area (Å²) in [6, 6.07) is 0. The maximum Gasteiger partial charge on any atom is 0.224 e. The molecule has 1 atom stereocenters. The predicted molar refractivity (Wildman–Crippen MR) is 66.5 cm³/mol.